The maximum Gasteiger partial charge on any atom is 0.124 e. The molecule has 0 spiro atoms. The van der Waals surface area contributed by atoms with E-state index < -0.39 is 0 Å². The van der Waals surface area contributed by atoms with Crippen LogP contribution in [-0.4, -0.2) is 18.5 Å². The molecule has 1 aromatic carbocycles. The number of benzene rings is 1. The molecule has 0 atom stereocenters. The van der Waals surface area contributed by atoms with E-state index in [4.69, 9.17) is 5.11 Å². The normalized spacial score (nSPS) is 12.2. The maximum atomic E-state index is 10.7. The van der Waals surface area contributed by atoms with E-state index >= 15 is 0 Å². The van der Waals surface area contributed by atoms with Crippen molar-refractivity contribution in [2.24, 2.45) is 5.41 Å². The fourth-order valence-corrected chi connectivity index (χ4v) is 3.47. The number of carbonyl (C=O) groups is 1. The summed E-state index contributed by atoms with van der Waals surface area (Å²) in [6, 6.07) is 8.32. The number of aliphatic hydroxyl groups is 1. The first-order valence-electron chi connectivity index (χ1n) is 9.51. The van der Waals surface area contributed by atoms with Gasteiger partial charge >= 0.3 is 0 Å². The first-order valence-corrected chi connectivity index (χ1v) is 9.51. The van der Waals surface area contributed by atoms with Gasteiger partial charge < -0.3 is 9.90 Å². The van der Waals surface area contributed by atoms with Gasteiger partial charge in [0, 0.05) is 13.5 Å². The van der Waals surface area contributed by atoms with Crippen LogP contribution in [0, 0.1) is 5.41 Å². The van der Waals surface area contributed by atoms with Crippen LogP contribution in [0.1, 0.15) is 58.1 Å². The summed E-state index contributed by atoms with van der Waals surface area (Å²) in [5, 5.41) is 7.00. The minimum absolute atomic E-state index is 0.231. The number of aldehydes is 1. The average molecular weight is 357 g/mol. The Morgan fingerprint density at radius 1 is 1.12 bits per heavy atom. The minimum atomic E-state index is 0.231. The fourth-order valence-electron chi connectivity index (χ4n) is 3.47. The van der Waals surface area contributed by atoms with Crippen molar-refractivity contribution in [1.29, 1.82) is 0 Å². The summed E-state index contributed by atoms with van der Waals surface area (Å²) in [5.74, 6) is 0. The van der Waals surface area contributed by atoms with Crippen molar-refractivity contribution < 1.29 is 9.90 Å². The molecule has 0 aliphatic heterocycles. The SMILES string of the molecule is C=C/C=C(\C=C(\C)Cc1cccc(CC=O)c1)C(CC)(CC)CC.CO. The molecule has 26 heavy (non-hydrogen) atoms. The van der Waals surface area contributed by atoms with Crippen LogP contribution in [0.15, 0.2) is 60.2 Å². The zero-order valence-electron chi connectivity index (χ0n) is 17.2. The second-order valence-corrected chi connectivity index (χ2v) is 6.56. The van der Waals surface area contributed by atoms with E-state index in [1.54, 1.807) is 0 Å². The van der Waals surface area contributed by atoms with Crippen LogP contribution >= 0.6 is 0 Å². The Hall–Kier alpha value is -1.93. The Labute approximate surface area is 160 Å². The van der Waals surface area contributed by atoms with Crippen molar-refractivity contribution >= 4 is 6.29 Å². The Kier molecular flexibility index (Phi) is 12.3. The standard InChI is InChI=1S/C23H32O.CH4O/c1-6-11-22(23(7-2,8-3)9-4)17-19(5)16-21-13-10-12-20(18-21)14-15-24;1-2/h6,10-13,15,17-18H,1,7-9,14,16H2,2-5H3;2H,1H3/b19-17-,22-11+;. The lowest BCUT2D eigenvalue weighted by Crippen LogP contribution is -2.20. The average Bonchev–Trinajstić information content (AvgIpc) is 2.66. The van der Waals surface area contributed by atoms with E-state index in [-0.39, 0.29) is 5.41 Å². The van der Waals surface area contributed by atoms with Crippen LogP contribution in [0.5, 0.6) is 0 Å². The number of aliphatic hydroxyl groups excluding tert-OH is 1. The van der Waals surface area contributed by atoms with Crippen molar-refractivity contribution in [2.45, 2.75) is 59.8 Å². The van der Waals surface area contributed by atoms with Gasteiger partial charge in [-0.2, -0.15) is 0 Å². The first kappa shape index (κ1) is 24.1. The lowest BCUT2D eigenvalue weighted by Gasteiger charge is -2.32. The molecule has 0 unspecified atom stereocenters. The summed E-state index contributed by atoms with van der Waals surface area (Å²) < 4.78 is 0. The molecule has 1 aromatic rings. The van der Waals surface area contributed by atoms with Crippen LogP contribution in [0.2, 0.25) is 0 Å². The zero-order chi connectivity index (χ0) is 20.0. The second-order valence-electron chi connectivity index (χ2n) is 6.56. The van der Waals surface area contributed by atoms with E-state index in [0.717, 1.165) is 44.6 Å². The summed E-state index contributed by atoms with van der Waals surface area (Å²) in [4.78, 5) is 10.7. The van der Waals surface area contributed by atoms with E-state index in [1.807, 2.05) is 18.2 Å². The molecule has 144 valence electrons. The Balaban J connectivity index is 0.00000301. The smallest absolute Gasteiger partial charge is 0.124 e. The van der Waals surface area contributed by atoms with Crippen molar-refractivity contribution in [3.8, 4) is 0 Å². The lowest BCUT2D eigenvalue weighted by molar-refractivity contribution is -0.107. The predicted octanol–water partition coefficient (Wildman–Crippen LogP) is 5.85. The zero-order valence-corrected chi connectivity index (χ0v) is 17.2. The van der Waals surface area contributed by atoms with Crippen molar-refractivity contribution in [3.05, 3.63) is 71.3 Å². The Morgan fingerprint density at radius 3 is 2.19 bits per heavy atom. The number of rotatable bonds is 10. The summed E-state index contributed by atoms with van der Waals surface area (Å²) in [6.07, 6.45) is 12.2. The van der Waals surface area contributed by atoms with Crippen molar-refractivity contribution in [2.75, 3.05) is 7.11 Å². The van der Waals surface area contributed by atoms with Gasteiger partial charge in [-0.1, -0.05) is 75.4 Å². The third-order valence-corrected chi connectivity index (χ3v) is 5.14. The van der Waals surface area contributed by atoms with Gasteiger partial charge in [0.15, 0.2) is 0 Å². The molecule has 0 amide bonds. The molecule has 1 N–H and O–H groups in total. The summed E-state index contributed by atoms with van der Waals surface area (Å²) >= 11 is 0. The Morgan fingerprint density at radius 2 is 1.69 bits per heavy atom. The number of hydrogen-bond acceptors (Lipinski definition) is 2. The quantitative estimate of drug-likeness (QED) is 0.421. The van der Waals surface area contributed by atoms with Gasteiger partial charge in [-0.25, -0.2) is 0 Å². The molecule has 0 heterocycles. The van der Waals surface area contributed by atoms with Gasteiger partial charge in [-0.05, 0) is 54.7 Å². The van der Waals surface area contributed by atoms with Crippen LogP contribution in [0.25, 0.3) is 0 Å². The molecule has 0 aliphatic carbocycles. The van der Waals surface area contributed by atoms with Gasteiger partial charge in [-0.15, -0.1) is 0 Å². The predicted molar refractivity (Wildman–Crippen MR) is 113 cm³/mol. The van der Waals surface area contributed by atoms with Gasteiger partial charge in [0.1, 0.15) is 6.29 Å². The van der Waals surface area contributed by atoms with Crippen LogP contribution in [0.4, 0.5) is 0 Å². The van der Waals surface area contributed by atoms with Crippen molar-refractivity contribution in [3.63, 3.8) is 0 Å². The molecule has 0 radical (unpaired) electrons. The van der Waals surface area contributed by atoms with E-state index in [2.05, 4.69) is 58.6 Å². The molecule has 0 saturated heterocycles. The fraction of sp³-hybridized carbons (Fsp3) is 0.458. The Bertz CT molecular complexity index is 596. The molecule has 0 saturated carbocycles. The summed E-state index contributed by atoms with van der Waals surface area (Å²) in [7, 11) is 1.00. The highest BCUT2D eigenvalue weighted by atomic mass is 16.2. The highest BCUT2D eigenvalue weighted by molar-refractivity contribution is 5.55. The molecule has 0 aromatic heterocycles. The first-order chi connectivity index (χ1) is 12.5. The monoisotopic (exact) mass is 356 g/mol. The van der Waals surface area contributed by atoms with E-state index in [1.165, 1.54) is 16.7 Å². The van der Waals surface area contributed by atoms with Crippen molar-refractivity contribution in [1.82, 2.24) is 0 Å². The van der Waals surface area contributed by atoms with E-state index in [0.29, 0.717) is 6.42 Å². The summed E-state index contributed by atoms with van der Waals surface area (Å²) in [5.41, 5.74) is 5.30. The molecular formula is C24H36O2. The second kappa shape index (κ2) is 13.3. The van der Waals surface area contributed by atoms with Crippen LogP contribution in [0.3, 0.4) is 0 Å². The number of carbonyl (C=O) groups excluding carboxylic acids is 1. The molecule has 0 aliphatic rings. The largest absolute Gasteiger partial charge is 0.400 e. The number of hydrogen-bond donors (Lipinski definition) is 1. The van der Waals surface area contributed by atoms with Crippen LogP contribution in [-0.2, 0) is 17.6 Å². The van der Waals surface area contributed by atoms with Gasteiger partial charge in [0.05, 0.1) is 0 Å². The third kappa shape index (κ3) is 7.13. The molecule has 0 fully saturated rings. The van der Waals surface area contributed by atoms with Gasteiger partial charge in [-0.3, -0.25) is 0 Å². The number of allylic oxidation sites excluding steroid dienone is 5. The topological polar surface area (TPSA) is 37.3 Å². The highest BCUT2D eigenvalue weighted by Crippen LogP contribution is 2.39. The molecular weight excluding hydrogens is 320 g/mol. The third-order valence-electron chi connectivity index (χ3n) is 5.14. The van der Waals surface area contributed by atoms with E-state index in [9.17, 15) is 4.79 Å². The van der Waals surface area contributed by atoms with Gasteiger partial charge in [0.2, 0.25) is 0 Å². The minimum Gasteiger partial charge on any atom is -0.400 e. The molecule has 2 heteroatoms. The molecule has 0 bridgehead atoms. The summed E-state index contributed by atoms with van der Waals surface area (Å²) in [6.45, 7) is 12.9. The molecule has 1 rings (SSSR count). The molecule has 2 nitrogen and oxygen atoms in total. The maximum absolute atomic E-state index is 10.7. The highest BCUT2D eigenvalue weighted by Gasteiger charge is 2.27. The van der Waals surface area contributed by atoms with Gasteiger partial charge in [0.25, 0.3) is 0 Å². The van der Waals surface area contributed by atoms with Crippen LogP contribution < -0.4 is 0 Å². The lowest BCUT2D eigenvalue weighted by atomic mass is 9.72.